The minimum atomic E-state index is -0.173. The third-order valence-corrected chi connectivity index (χ3v) is 6.09. The molecule has 2 aliphatic heterocycles. The number of hydrogen-bond acceptors (Lipinski definition) is 3. The quantitative estimate of drug-likeness (QED) is 0.909. The van der Waals surface area contributed by atoms with Gasteiger partial charge < -0.3 is 10.2 Å². The van der Waals surface area contributed by atoms with Gasteiger partial charge in [-0.15, -0.1) is 11.8 Å². The first-order chi connectivity index (χ1) is 11.1. The maximum atomic E-state index is 13.9. The molecular weight excluding hydrogens is 311 g/mol. The highest BCUT2D eigenvalue weighted by Crippen LogP contribution is 2.37. The fraction of sp³-hybridized carbons (Fsp3) is 0.611. The smallest absolute Gasteiger partial charge is 0.221 e. The number of carbonyl (C=O) groups excluding carboxylic acids is 1. The molecule has 0 aliphatic carbocycles. The van der Waals surface area contributed by atoms with Gasteiger partial charge in [-0.2, -0.15) is 0 Å². The van der Waals surface area contributed by atoms with Crippen molar-refractivity contribution >= 4 is 17.7 Å². The summed E-state index contributed by atoms with van der Waals surface area (Å²) in [5.41, 5.74) is 0.931. The van der Waals surface area contributed by atoms with Crippen LogP contribution in [0, 0.1) is 5.82 Å². The van der Waals surface area contributed by atoms with Gasteiger partial charge in [-0.1, -0.05) is 18.6 Å². The van der Waals surface area contributed by atoms with Crippen molar-refractivity contribution in [3.8, 4) is 0 Å². The van der Waals surface area contributed by atoms with Crippen molar-refractivity contribution in [3.05, 3.63) is 29.6 Å². The van der Waals surface area contributed by atoms with Crippen LogP contribution in [-0.2, 0) is 4.79 Å². The largest absolute Gasteiger partial charge is 0.349 e. The van der Waals surface area contributed by atoms with Crippen molar-refractivity contribution < 1.29 is 9.18 Å². The van der Waals surface area contributed by atoms with Crippen molar-refractivity contribution in [2.45, 2.75) is 56.0 Å². The van der Waals surface area contributed by atoms with Crippen LogP contribution in [0.15, 0.2) is 23.1 Å². The van der Waals surface area contributed by atoms with E-state index in [1.807, 2.05) is 6.07 Å². The molecule has 126 valence electrons. The van der Waals surface area contributed by atoms with Gasteiger partial charge in [-0.05, 0) is 44.4 Å². The van der Waals surface area contributed by atoms with Crippen LogP contribution < -0.4 is 5.32 Å². The molecule has 1 N–H and O–H groups in total. The fourth-order valence-corrected chi connectivity index (χ4v) is 4.68. The fourth-order valence-electron chi connectivity index (χ4n) is 3.54. The topological polar surface area (TPSA) is 32.3 Å². The first-order valence-corrected chi connectivity index (χ1v) is 9.58. The summed E-state index contributed by atoms with van der Waals surface area (Å²) < 4.78 is 13.9. The Morgan fingerprint density at radius 3 is 3.09 bits per heavy atom. The molecule has 1 aromatic rings. The van der Waals surface area contributed by atoms with Crippen molar-refractivity contribution in [1.82, 2.24) is 10.2 Å². The Labute approximate surface area is 142 Å². The van der Waals surface area contributed by atoms with Gasteiger partial charge in [0.15, 0.2) is 0 Å². The van der Waals surface area contributed by atoms with Gasteiger partial charge in [0.2, 0.25) is 5.91 Å². The van der Waals surface area contributed by atoms with Crippen molar-refractivity contribution in [2.24, 2.45) is 0 Å². The number of hydrogen-bond donors (Lipinski definition) is 1. The highest BCUT2D eigenvalue weighted by molar-refractivity contribution is 7.99. The van der Waals surface area contributed by atoms with Crippen LogP contribution in [0.25, 0.3) is 0 Å². The molecule has 0 radical (unpaired) electrons. The van der Waals surface area contributed by atoms with E-state index in [1.54, 1.807) is 17.8 Å². The van der Waals surface area contributed by atoms with Gasteiger partial charge in [0, 0.05) is 29.7 Å². The Balaban J connectivity index is 1.56. The molecule has 0 bridgehead atoms. The minimum absolute atomic E-state index is 0.0479. The molecule has 5 heteroatoms. The zero-order valence-electron chi connectivity index (χ0n) is 13.7. The average Bonchev–Trinajstić information content (AvgIpc) is 2.55. The summed E-state index contributed by atoms with van der Waals surface area (Å²) in [7, 11) is 0. The Morgan fingerprint density at radius 1 is 1.39 bits per heavy atom. The number of amides is 1. The molecule has 2 aliphatic rings. The molecule has 0 spiro atoms. The summed E-state index contributed by atoms with van der Waals surface area (Å²) in [5, 5.41) is 3.11. The molecule has 1 amide bonds. The van der Waals surface area contributed by atoms with E-state index in [-0.39, 0.29) is 17.8 Å². The van der Waals surface area contributed by atoms with Crippen molar-refractivity contribution in [2.75, 3.05) is 18.8 Å². The number of likely N-dealkylation sites (tertiary alicyclic amines) is 1. The van der Waals surface area contributed by atoms with Crippen LogP contribution >= 0.6 is 11.8 Å². The Hall–Kier alpha value is -1.07. The highest BCUT2D eigenvalue weighted by Gasteiger charge is 2.25. The molecule has 2 heterocycles. The van der Waals surface area contributed by atoms with E-state index >= 15 is 0 Å². The van der Waals surface area contributed by atoms with E-state index in [2.05, 4.69) is 17.1 Å². The molecule has 23 heavy (non-hydrogen) atoms. The van der Waals surface area contributed by atoms with Gasteiger partial charge in [0.05, 0.1) is 6.04 Å². The molecule has 1 fully saturated rings. The van der Waals surface area contributed by atoms with E-state index in [1.165, 1.54) is 25.3 Å². The monoisotopic (exact) mass is 336 g/mol. The lowest BCUT2D eigenvalue weighted by Gasteiger charge is -2.33. The van der Waals surface area contributed by atoms with E-state index in [0.29, 0.717) is 17.4 Å². The number of thioether (sulfide) groups is 1. The number of benzene rings is 1. The summed E-state index contributed by atoms with van der Waals surface area (Å²) in [5.74, 6) is 0.755. The number of rotatable bonds is 4. The first kappa shape index (κ1) is 16.8. The van der Waals surface area contributed by atoms with E-state index in [0.717, 1.165) is 30.8 Å². The molecule has 0 aromatic heterocycles. The zero-order chi connectivity index (χ0) is 16.2. The molecule has 0 saturated carbocycles. The molecule has 1 aromatic carbocycles. The van der Waals surface area contributed by atoms with Crippen LogP contribution in [0.2, 0.25) is 0 Å². The molecule has 3 rings (SSSR count). The summed E-state index contributed by atoms with van der Waals surface area (Å²) in [6, 6.07) is 5.69. The normalized spacial score (nSPS) is 25.0. The minimum Gasteiger partial charge on any atom is -0.349 e. The Morgan fingerprint density at radius 2 is 2.26 bits per heavy atom. The lowest BCUT2D eigenvalue weighted by Crippen LogP contribution is -2.40. The Bertz CT molecular complexity index is 566. The predicted octanol–water partition coefficient (Wildman–Crippen LogP) is 3.74. The van der Waals surface area contributed by atoms with Gasteiger partial charge >= 0.3 is 0 Å². The maximum absolute atomic E-state index is 13.9. The average molecular weight is 336 g/mol. The number of halogens is 1. The Kier molecular flexibility index (Phi) is 5.59. The summed E-state index contributed by atoms with van der Waals surface area (Å²) in [6.45, 7) is 4.17. The maximum Gasteiger partial charge on any atom is 0.221 e. The number of carbonyl (C=O) groups is 1. The van der Waals surface area contributed by atoms with Crippen molar-refractivity contribution in [3.63, 3.8) is 0 Å². The van der Waals surface area contributed by atoms with E-state index in [4.69, 9.17) is 0 Å². The number of piperidine rings is 1. The van der Waals surface area contributed by atoms with Gasteiger partial charge in [0.25, 0.3) is 0 Å². The van der Waals surface area contributed by atoms with Crippen LogP contribution in [0.1, 0.15) is 50.6 Å². The standard InChI is InChI=1S/C18H25FN2OS/c1-13-5-2-3-10-21(13)11-8-17(22)20-16-9-12-23-18-14(16)6-4-7-15(18)19/h4,6-7,13,16H,2-3,5,8-12H2,1H3,(H,20,22)/t13-,16+/m1/s1. The lowest BCUT2D eigenvalue weighted by atomic mass is 10.0. The molecular formula is C18H25FN2OS. The first-order valence-electron chi connectivity index (χ1n) is 8.60. The summed E-state index contributed by atoms with van der Waals surface area (Å²) in [6.07, 6.45) is 5.16. The second kappa shape index (κ2) is 7.67. The third-order valence-electron chi connectivity index (χ3n) is 4.93. The lowest BCUT2D eigenvalue weighted by molar-refractivity contribution is -0.122. The molecule has 3 nitrogen and oxygen atoms in total. The van der Waals surface area contributed by atoms with Gasteiger partial charge in [0.1, 0.15) is 5.82 Å². The van der Waals surface area contributed by atoms with Crippen LogP contribution in [0.4, 0.5) is 4.39 Å². The second-order valence-electron chi connectivity index (χ2n) is 6.55. The van der Waals surface area contributed by atoms with Crippen LogP contribution in [0.3, 0.4) is 0 Å². The SMILES string of the molecule is C[C@@H]1CCCCN1CCC(=O)N[C@H]1CCSc2c(F)cccc21. The van der Waals surface area contributed by atoms with Crippen molar-refractivity contribution in [1.29, 1.82) is 0 Å². The highest BCUT2D eigenvalue weighted by atomic mass is 32.2. The molecule has 0 unspecified atom stereocenters. The number of nitrogens with zero attached hydrogens (tertiary/aromatic N) is 1. The van der Waals surface area contributed by atoms with Gasteiger partial charge in [-0.25, -0.2) is 4.39 Å². The van der Waals surface area contributed by atoms with E-state index in [9.17, 15) is 9.18 Å². The predicted molar refractivity (Wildman–Crippen MR) is 92.1 cm³/mol. The molecule has 2 atom stereocenters. The van der Waals surface area contributed by atoms with Crippen LogP contribution in [-0.4, -0.2) is 35.7 Å². The number of fused-ring (bicyclic) bond motifs is 1. The van der Waals surface area contributed by atoms with Crippen LogP contribution in [0.5, 0.6) is 0 Å². The second-order valence-corrected chi connectivity index (χ2v) is 7.65. The third kappa shape index (κ3) is 4.07. The summed E-state index contributed by atoms with van der Waals surface area (Å²) >= 11 is 1.55. The zero-order valence-corrected chi connectivity index (χ0v) is 14.5. The summed E-state index contributed by atoms with van der Waals surface area (Å²) in [4.78, 5) is 15.4. The van der Waals surface area contributed by atoms with E-state index < -0.39 is 0 Å². The molecule has 1 saturated heterocycles. The number of nitrogens with one attached hydrogen (secondary N) is 1. The van der Waals surface area contributed by atoms with Gasteiger partial charge in [-0.3, -0.25) is 4.79 Å².